The monoisotopic (exact) mass is 209 g/mol. The highest BCUT2D eigenvalue weighted by molar-refractivity contribution is 5.80. The molecule has 1 unspecified atom stereocenters. The first kappa shape index (κ1) is 10.3. The molecule has 1 atom stereocenters. The quantitative estimate of drug-likeness (QED) is 0.718. The van der Waals surface area contributed by atoms with Crippen molar-refractivity contribution in [1.82, 2.24) is 15.0 Å². The van der Waals surface area contributed by atoms with E-state index in [0.717, 1.165) is 25.3 Å². The maximum atomic E-state index is 11.6. The number of carbonyl (C=O) groups is 1. The number of aromatic nitrogens is 3. The molecule has 0 aromatic carbocycles. The van der Waals surface area contributed by atoms with Gasteiger partial charge < -0.3 is 4.74 Å². The molecule has 0 aliphatic carbocycles. The number of ether oxygens (including phenoxy) is 1. The zero-order valence-electron chi connectivity index (χ0n) is 8.85. The van der Waals surface area contributed by atoms with Crippen LogP contribution < -0.4 is 0 Å². The van der Waals surface area contributed by atoms with Gasteiger partial charge >= 0.3 is 0 Å². The number of hydrogen-bond donors (Lipinski definition) is 0. The number of Topliss-reactive ketones (excluding diaryl/α,β-unsaturated/α-hetero) is 1. The lowest BCUT2D eigenvalue weighted by atomic mass is 10.00. The SMILES string of the molecule is Cn1cc(CC(=O)CC2CCOC2)nn1. The van der Waals surface area contributed by atoms with Gasteiger partial charge in [0.15, 0.2) is 0 Å². The number of ketones is 1. The summed E-state index contributed by atoms with van der Waals surface area (Å²) in [5.41, 5.74) is 0.751. The molecule has 82 valence electrons. The summed E-state index contributed by atoms with van der Waals surface area (Å²) in [7, 11) is 1.80. The molecule has 2 rings (SSSR count). The molecular formula is C10H15N3O2. The largest absolute Gasteiger partial charge is 0.381 e. The molecule has 1 aromatic heterocycles. The van der Waals surface area contributed by atoms with Crippen molar-refractivity contribution in [3.05, 3.63) is 11.9 Å². The first-order valence-corrected chi connectivity index (χ1v) is 5.18. The summed E-state index contributed by atoms with van der Waals surface area (Å²) in [6.07, 6.45) is 3.79. The molecule has 5 heteroatoms. The van der Waals surface area contributed by atoms with Gasteiger partial charge in [-0.05, 0) is 12.3 Å². The van der Waals surface area contributed by atoms with Crippen molar-refractivity contribution in [3.63, 3.8) is 0 Å². The van der Waals surface area contributed by atoms with Crippen molar-refractivity contribution in [2.45, 2.75) is 19.3 Å². The topological polar surface area (TPSA) is 57.0 Å². The fourth-order valence-corrected chi connectivity index (χ4v) is 1.82. The molecule has 1 aliphatic rings. The molecule has 5 nitrogen and oxygen atoms in total. The Morgan fingerprint density at radius 1 is 1.73 bits per heavy atom. The molecular weight excluding hydrogens is 194 g/mol. The summed E-state index contributed by atoms with van der Waals surface area (Å²) in [5, 5.41) is 7.68. The zero-order valence-corrected chi connectivity index (χ0v) is 8.85. The van der Waals surface area contributed by atoms with E-state index >= 15 is 0 Å². The van der Waals surface area contributed by atoms with Crippen molar-refractivity contribution >= 4 is 5.78 Å². The molecule has 0 bridgehead atoms. The second kappa shape index (κ2) is 4.53. The van der Waals surface area contributed by atoms with Crippen molar-refractivity contribution in [2.75, 3.05) is 13.2 Å². The highest BCUT2D eigenvalue weighted by atomic mass is 16.5. The molecule has 1 aromatic rings. The molecule has 2 heterocycles. The van der Waals surface area contributed by atoms with Crippen LogP contribution in [0.2, 0.25) is 0 Å². The molecule has 1 saturated heterocycles. The maximum absolute atomic E-state index is 11.6. The third-order valence-electron chi connectivity index (χ3n) is 2.57. The van der Waals surface area contributed by atoms with E-state index in [9.17, 15) is 4.79 Å². The van der Waals surface area contributed by atoms with E-state index in [-0.39, 0.29) is 5.78 Å². The van der Waals surface area contributed by atoms with Gasteiger partial charge in [-0.25, -0.2) is 0 Å². The Kier molecular flexibility index (Phi) is 3.11. The zero-order chi connectivity index (χ0) is 10.7. The standard InChI is InChI=1S/C10H15N3O2/c1-13-6-9(11-12-13)5-10(14)4-8-2-3-15-7-8/h6,8H,2-5,7H2,1H3. The van der Waals surface area contributed by atoms with Crippen LogP contribution in [0.15, 0.2) is 6.20 Å². The molecule has 0 amide bonds. The van der Waals surface area contributed by atoms with Crippen molar-refractivity contribution in [2.24, 2.45) is 13.0 Å². The summed E-state index contributed by atoms with van der Waals surface area (Å²) in [5.74, 6) is 0.639. The number of aryl methyl sites for hydroxylation is 1. The molecule has 1 aliphatic heterocycles. The lowest BCUT2D eigenvalue weighted by molar-refractivity contribution is -0.119. The fraction of sp³-hybridized carbons (Fsp3) is 0.700. The Morgan fingerprint density at radius 3 is 3.20 bits per heavy atom. The van der Waals surface area contributed by atoms with Crippen LogP contribution in [0.1, 0.15) is 18.5 Å². The van der Waals surface area contributed by atoms with Crippen LogP contribution in [0.25, 0.3) is 0 Å². The molecule has 0 spiro atoms. The number of hydrogen-bond acceptors (Lipinski definition) is 4. The fourth-order valence-electron chi connectivity index (χ4n) is 1.82. The second-order valence-electron chi connectivity index (χ2n) is 4.03. The van der Waals surface area contributed by atoms with E-state index in [0.29, 0.717) is 18.8 Å². The predicted octanol–water partition coefficient (Wildman–Crippen LogP) is 0.353. The van der Waals surface area contributed by atoms with Crippen LogP contribution in [-0.4, -0.2) is 34.0 Å². The van der Waals surface area contributed by atoms with Gasteiger partial charge in [0.05, 0.1) is 12.1 Å². The van der Waals surface area contributed by atoms with E-state index in [2.05, 4.69) is 10.3 Å². The third-order valence-corrected chi connectivity index (χ3v) is 2.57. The average Bonchev–Trinajstić information content (AvgIpc) is 2.77. The van der Waals surface area contributed by atoms with Gasteiger partial charge in [-0.1, -0.05) is 5.21 Å². The molecule has 0 N–H and O–H groups in total. The van der Waals surface area contributed by atoms with E-state index < -0.39 is 0 Å². The maximum Gasteiger partial charge on any atom is 0.139 e. The van der Waals surface area contributed by atoms with Gasteiger partial charge in [-0.2, -0.15) is 0 Å². The normalized spacial score (nSPS) is 20.7. The first-order chi connectivity index (χ1) is 7.24. The Morgan fingerprint density at radius 2 is 2.60 bits per heavy atom. The summed E-state index contributed by atoms with van der Waals surface area (Å²) >= 11 is 0. The van der Waals surface area contributed by atoms with Crippen LogP contribution in [0.4, 0.5) is 0 Å². The van der Waals surface area contributed by atoms with Crippen LogP contribution in [0.3, 0.4) is 0 Å². The molecule has 1 fully saturated rings. The minimum Gasteiger partial charge on any atom is -0.381 e. The first-order valence-electron chi connectivity index (χ1n) is 5.18. The Labute approximate surface area is 88.4 Å². The van der Waals surface area contributed by atoms with Crippen molar-refractivity contribution in [3.8, 4) is 0 Å². The Balaban J connectivity index is 1.81. The third kappa shape index (κ3) is 2.86. The van der Waals surface area contributed by atoms with Crippen LogP contribution in [0.5, 0.6) is 0 Å². The van der Waals surface area contributed by atoms with Gasteiger partial charge in [0.25, 0.3) is 0 Å². The summed E-state index contributed by atoms with van der Waals surface area (Å²) in [6, 6.07) is 0. The number of nitrogens with zero attached hydrogens (tertiary/aromatic N) is 3. The van der Waals surface area contributed by atoms with E-state index in [1.807, 2.05) is 0 Å². The lowest BCUT2D eigenvalue weighted by Crippen LogP contribution is -2.10. The Bertz CT molecular complexity index is 342. The van der Waals surface area contributed by atoms with Crippen LogP contribution >= 0.6 is 0 Å². The van der Waals surface area contributed by atoms with Gasteiger partial charge in [0.1, 0.15) is 5.78 Å². The highest BCUT2D eigenvalue weighted by Crippen LogP contribution is 2.17. The highest BCUT2D eigenvalue weighted by Gasteiger charge is 2.19. The Hall–Kier alpha value is -1.23. The molecule has 15 heavy (non-hydrogen) atoms. The number of carbonyl (C=O) groups excluding carboxylic acids is 1. The van der Waals surface area contributed by atoms with Crippen molar-refractivity contribution < 1.29 is 9.53 Å². The predicted molar refractivity (Wildman–Crippen MR) is 53.3 cm³/mol. The smallest absolute Gasteiger partial charge is 0.139 e. The number of rotatable bonds is 4. The average molecular weight is 209 g/mol. The molecule has 0 saturated carbocycles. The van der Waals surface area contributed by atoms with Gasteiger partial charge in [-0.3, -0.25) is 9.48 Å². The second-order valence-corrected chi connectivity index (χ2v) is 4.03. The minimum absolute atomic E-state index is 0.228. The van der Waals surface area contributed by atoms with Gasteiger partial charge in [-0.15, -0.1) is 5.10 Å². The van der Waals surface area contributed by atoms with Crippen LogP contribution in [-0.2, 0) is 23.0 Å². The van der Waals surface area contributed by atoms with E-state index in [1.165, 1.54) is 0 Å². The van der Waals surface area contributed by atoms with Crippen molar-refractivity contribution in [1.29, 1.82) is 0 Å². The minimum atomic E-state index is 0.228. The van der Waals surface area contributed by atoms with E-state index in [4.69, 9.17) is 4.74 Å². The lowest BCUT2D eigenvalue weighted by Gasteiger charge is -2.04. The van der Waals surface area contributed by atoms with E-state index in [1.54, 1.807) is 17.9 Å². The summed E-state index contributed by atoms with van der Waals surface area (Å²) in [6.45, 7) is 1.52. The van der Waals surface area contributed by atoms with Gasteiger partial charge in [0.2, 0.25) is 0 Å². The van der Waals surface area contributed by atoms with Crippen LogP contribution in [0, 0.1) is 5.92 Å². The summed E-state index contributed by atoms with van der Waals surface area (Å²) in [4.78, 5) is 11.6. The summed E-state index contributed by atoms with van der Waals surface area (Å²) < 4.78 is 6.84. The molecule has 0 radical (unpaired) electrons. The van der Waals surface area contributed by atoms with Gasteiger partial charge in [0, 0.05) is 32.9 Å².